The highest BCUT2D eigenvalue weighted by Crippen LogP contribution is 2.43. The predicted molar refractivity (Wildman–Crippen MR) is 141 cm³/mol. The van der Waals surface area contributed by atoms with E-state index in [4.69, 9.17) is 10.4 Å². The van der Waals surface area contributed by atoms with Crippen LogP contribution in [0.25, 0.3) is 0 Å². The minimum atomic E-state index is 0.137. The summed E-state index contributed by atoms with van der Waals surface area (Å²) in [6.45, 7) is 1.47. The minimum Gasteiger partial charge on any atom is -0.508 e. The van der Waals surface area contributed by atoms with E-state index in [0.29, 0.717) is 30.2 Å². The van der Waals surface area contributed by atoms with E-state index in [1.807, 2.05) is 47.5 Å². The first-order valence-electron chi connectivity index (χ1n) is 12.4. The van der Waals surface area contributed by atoms with Crippen molar-refractivity contribution in [3.8, 4) is 5.75 Å². The van der Waals surface area contributed by atoms with Gasteiger partial charge in [0.25, 0.3) is 0 Å². The maximum atomic E-state index is 12.9. The summed E-state index contributed by atoms with van der Waals surface area (Å²) >= 11 is 3.58. The molecule has 3 aromatic rings. The van der Waals surface area contributed by atoms with Gasteiger partial charge in [-0.15, -0.1) is 0 Å². The van der Waals surface area contributed by atoms with Crippen molar-refractivity contribution >= 4 is 27.5 Å². The van der Waals surface area contributed by atoms with Crippen molar-refractivity contribution in [1.29, 1.82) is 5.41 Å². The van der Waals surface area contributed by atoms with Crippen molar-refractivity contribution in [3.05, 3.63) is 93.2 Å². The number of aromatic nitrogens is 1. The lowest BCUT2D eigenvalue weighted by Gasteiger charge is -2.37. The Morgan fingerprint density at radius 1 is 1.03 bits per heavy atom. The number of nitrogens with one attached hydrogen (secondary N) is 1. The van der Waals surface area contributed by atoms with E-state index >= 15 is 0 Å². The fourth-order valence-electron chi connectivity index (χ4n) is 5.63. The van der Waals surface area contributed by atoms with E-state index in [-0.39, 0.29) is 11.8 Å². The quantitative estimate of drug-likeness (QED) is 0.404. The van der Waals surface area contributed by atoms with Crippen LogP contribution in [0.5, 0.6) is 5.75 Å². The van der Waals surface area contributed by atoms with E-state index in [2.05, 4.69) is 28.1 Å². The molecule has 2 aromatic carbocycles. The summed E-state index contributed by atoms with van der Waals surface area (Å²) in [6, 6.07) is 17.6. The molecule has 1 fully saturated rings. The molecule has 1 aliphatic carbocycles. The molecule has 0 bridgehead atoms. The number of phenols is 1. The number of carbonyl (C=O) groups excluding carboxylic acids is 1. The molecular formula is C29H30BrN3O2. The molecule has 1 saturated heterocycles. The van der Waals surface area contributed by atoms with Crippen LogP contribution in [0.2, 0.25) is 0 Å². The summed E-state index contributed by atoms with van der Waals surface area (Å²) in [5.74, 6) is 0.997. The van der Waals surface area contributed by atoms with E-state index in [0.717, 1.165) is 54.5 Å². The Kier molecular flexibility index (Phi) is 7.00. The van der Waals surface area contributed by atoms with Crippen LogP contribution in [0.4, 0.5) is 0 Å². The van der Waals surface area contributed by atoms with Gasteiger partial charge in [0.15, 0.2) is 0 Å². The topological polar surface area (TPSA) is 77.3 Å². The standard InChI is InChI=1S/C29H30BrN3O2/c30-23-16-22-7-6-21-17-24(34)8-9-25(21)28(29(22)32-18-23)20-12-14-33(15-13-20)27(35)11-10-26(31)19-4-2-1-3-5-19/h1-5,8-9,16-18,20,28,31,34H,6-7,10-15H2/t28-/m1/s1. The molecule has 5 nitrogen and oxygen atoms in total. The predicted octanol–water partition coefficient (Wildman–Crippen LogP) is 5.87. The van der Waals surface area contributed by atoms with Crippen molar-refractivity contribution in [3.63, 3.8) is 0 Å². The van der Waals surface area contributed by atoms with Crippen LogP contribution in [0.15, 0.2) is 65.3 Å². The van der Waals surface area contributed by atoms with E-state index in [1.165, 1.54) is 16.7 Å². The molecule has 2 aliphatic rings. The molecule has 1 atom stereocenters. The first kappa shape index (κ1) is 23.7. The highest BCUT2D eigenvalue weighted by atomic mass is 79.9. The third kappa shape index (κ3) is 5.18. The zero-order chi connectivity index (χ0) is 24.4. The van der Waals surface area contributed by atoms with Crippen LogP contribution >= 0.6 is 15.9 Å². The summed E-state index contributed by atoms with van der Waals surface area (Å²) in [5, 5.41) is 18.4. The second-order valence-corrected chi connectivity index (χ2v) is 10.5. The lowest BCUT2D eigenvalue weighted by Crippen LogP contribution is -2.40. The van der Waals surface area contributed by atoms with Gasteiger partial charge in [-0.2, -0.15) is 0 Å². The fraction of sp³-hybridized carbons (Fsp3) is 0.345. The molecule has 2 heterocycles. The van der Waals surface area contributed by atoms with Gasteiger partial charge in [0.2, 0.25) is 5.91 Å². The molecule has 2 N–H and O–H groups in total. The summed E-state index contributed by atoms with van der Waals surface area (Å²) < 4.78 is 0.991. The molecule has 180 valence electrons. The van der Waals surface area contributed by atoms with Crippen molar-refractivity contribution in [1.82, 2.24) is 9.88 Å². The molecule has 5 rings (SSSR count). The fourth-order valence-corrected chi connectivity index (χ4v) is 6.01. The maximum Gasteiger partial charge on any atom is 0.222 e. The highest BCUT2D eigenvalue weighted by Gasteiger charge is 2.35. The van der Waals surface area contributed by atoms with Gasteiger partial charge >= 0.3 is 0 Å². The highest BCUT2D eigenvalue weighted by molar-refractivity contribution is 9.10. The number of piperidine rings is 1. The average molecular weight is 532 g/mol. The number of halogens is 1. The Balaban J connectivity index is 1.29. The second-order valence-electron chi connectivity index (χ2n) is 9.62. The number of carbonyl (C=O) groups is 1. The maximum absolute atomic E-state index is 12.9. The van der Waals surface area contributed by atoms with Crippen molar-refractivity contribution in [2.45, 2.75) is 44.4 Å². The van der Waals surface area contributed by atoms with Gasteiger partial charge in [-0.25, -0.2) is 0 Å². The second kappa shape index (κ2) is 10.3. The largest absolute Gasteiger partial charge is 0.508 e. The Bertz CT molecular complexity index is 1180. The van der Waals surface area contributed by atoms with E-state index in [9.17, 15) is 9.90 Å². The van der Waals surface area contributed by atoms with Gasteiger partial charge < -0.3 is 15.4 Å². The lowest BCUT2D eigenvalue weighted by atomic mass is 9.76. The van der Waals surface area contributed by atoms with Crippen LogP contribution in [0, 0.1) is 11.3 Å². The molecule has 1 aromatic heterocycles. The summed E-state index contributed by atoms with van der Waals surface area (Å²) in [5.41, 5.74) is 6.26. The lowest BCUT2D eigenvalue weighted by molar-refractivity contribution is -0.132. The number of phenolic OH excluding ortho intramolecular Hbond substituents is 1. The Morgan fingerprint density at radius 3 is 2.54 bits per heavy atom. The third-order valence-electron chi connectivity index (χ3n) is 7.46. The average Bonchev–Trinajstić information content (AvgIpc) is 3.04. The first-order valence-corrected chi connectivity index (χ1v) is 13.2. The van der Waals surface area contributed by atoms with Crippen molar-refractivity contribution < 1.29 is 9.90 Å². The molecular weight excluding hydrogens is 502 g/mol. The SMILES string of the molecule is N=C(CCC(=O)N1CCC([C@@H]2c3ccc(O)cc3CCc3cc(Br)cnc32)CC1)c1ccccc1. The van der Waals surface area contributed by atoms with Gasteiger partial charge in [0, 0.05) is 41.8 Å². The molecule has 0 spiro atoms. The van der Waals surface area contributed by atoms with E-state index < -0.39 is 0 Å². The Hall–Kier alpha value is -2.99. The number of hydrogen-bond donors (Lipinski definition) is 2. The summed E-state index contributed by atoms with van der Waals surface area (Å²) in [7, 11) is 0. The smallest absolute Gasteiger partial charge is 0.222 e. The van der Waals surface area contributed by atoms with Crippen LogP contribution in [0.3, 0.4) is 0 Å². The van der Waals surface area contributed by atoms with Gasteiger partial charge in [0.1, 0.15) is 5.75 Å². The Morgan fingerprint density at radius 2 is 1.77 bits per heavy atom. The van der Waals surface area contributed by atoms with Crippen molar-refractivity contribution in [2.75, 3.05) is 13.1 Å². The number of aryl methyl sites for hydroxylation is 2. The number of pyridine rings is 1. The van der Waals surface area contributed by atoms with Crippen LogP contribution in [0.1, 0.15) is 59.5 Å². The normalized spacial score (nSPS) is 17.9. The molecule has 0 unspecified atom stereocenters. The Labute approximate surface area is 214 Å². The molecule has 6 heteroatoms. The number of nitrogens with zero attached hydrogens (tertiary/aromatic N) is 2. The zero-order valence-electron chi connectivity index (χ0n) is 19.7. The van der Waals surface area contributed by atoms with Gasteiger partial charge in [0.05, 0.1) is 5.69 Å². The van der Waals surface area contributed by atoms with Crippen LogP contribution in [-0.2, 0) is 17.6 Å². The van der Waals surface area contributed by atoms with Crippen molar-refractivity contribution in [2.24, 2.45) is 5.92 Å². The number of likely N-dealkylation sites (tertiary alicyclic amines) is 1. The summed E-state index contributed by atoms with van der Waals surface area (Å²) in [4.78, 5) is 19.8. The number of aromatic hydroxyl groups is 1. The molecule has 0 radical (unpaired) electrons. The molecule has 1 aliphatic heterocycles. The molecule has 1 amide bonds. The van der Waals surface area contributed by atoms with Gasteiger partial charge in [-0.1, -0.05) is 36.4 Å². The van der Waals surface area contributed by atoms with E-state index in [1.54, 1.807) is 6.07 Å². The zero-order valence-corrected chi connectivity index (χ0v) is 21.3. The number of benzene rings is 2. The molecule has 35 heavy (non-hydrogen) atoms. The first-order chi connectivity index (χ1) is 17.0. The van der Waals surface area contributed by atoms with Crippen LogP contribution in [-0.4, -0.2) is 39.7 Å². The molecule has 0 saturated carbocycles. The monoisotopic (exact) mass is 531 g/mol. The van der Waals surface area contributed by atoms with Gasteiger partial charge in [-0.05, 0) is 94.4 Å². The third-order valence-corrected chi connectivity index (χ3v) is 7.90. The number of rotatable bonds is 5. The number of amides is 1. The minimum absolute atomic E-state index is 0.137. The summed E-state index contributed by atoms with van der Waals surface area (Å²) in [6.07, 6.45) is 6.36. The number of fused-ring (bicyclic) bond motifs is 2. The van der Waals surface area contributed by atoms with Gasteiger partial charge in [-0.3, -0.25) is 9.78 Å². The number of hydrogen-bond acceptors (Lipinski definition) is 4. The van der Waals surface area contributed by atoms with Crippen LogP contribution < -0.4 is 0 Å².